The van der Waals surface area contributed by atoms with Crippen LogP contribution in [0, 0.1) is 17.3 Å². The summed E-state index contributed by atoms with van der Waals surface area (Å²) in [6.45, 7) is 9.08. The van der Waals surface area contributed by atoms with E-state index in [0.29, 0.717) is 11.3 Å². The first-order valence-electron chi connectivity index (χ1n) is 9.20. The molecule has 3 aliphatic rings. The Morgan fingerprint density at radius 2 is 2.00 bits per heavy atom. The van der Waals surface area contributed by atoms with E-state index >= 15 is 0 Å². The summed E-state index contributed by atoms with van der Waals surface area (Å²) in [5.74, 6) is 1.35. The maximum absolute atomic E-state index is 10.2. The number of hydrogen-bond acceptors (Lipinski definition) is 3. The Hall–Kier alpha value is -0.120. The standard InChI is InChI=1S/C18H34N2O/c1-14-4-3-8-18(10-14,12-19-16-5-6-16)13-20-9-7-15(2)17(21)11-20/h14-17,19,21H,3-13H2,1-2H3. The van der Waals surface area contributed by atoms with Gasteiger partial charge in [0.25, 0.3) is 0 Å². The van der Waals surface area contributed by atoms with Crippen LogP contribution in [-0.4, -0.2) is 48.3 Å². The van der Waals surface area contributed by atoms with Crippen LogP contribution < -0.4 is 5.32 Å². The smallest absolute Gasteiger partial charge is 0.0693 e. The molecule has 122 valence electrons. The Morgan fingerprint density at radius 3 is 2.67 bits per heavy atom. The summed E-state index contributed by atoms with van der Waals surface area (Å²) in [6, 6.07) is 0.811. The molecule has 0 aromatic carbocycles. The second-order valence-electron chi connectivity index (χ2n) is 8.43. The van der Waals surface area contributed by atoms with Crippen LogP contribution in [0.1, 0.15) is 58.8 Å². The monoisotopic (exact) mass is 294 g/mol. The average Bonchev–Trinajstić information content (AvgIpc) is 3.25. The lowest BCUT2D eigenvalue weighted by Crippen LogP contribution is -2.51. The van der Waals surface area contributed by atoms with Gasteiger partial charge in [0.05, 0.1) is 6.10 Å². The lowest BCUT2D eigenvalue weighted by atomic mass is 9.69. The third kappa shape index (κ3) is 4.20. The number of rotatable bonds is 5. The predicted octanol–water partition coefficient (Wildman–Crippen LogP) is 2.64. The van der Waals surface area contributed by atoms with E-state index < -0.39 is 0 Å². The quantitative estimate of drug-likeness (QED) is 0.818. The van der Waals surface area contributed by atoms with Gasteiger partial charge >= 0.3 is 0 Å². The third-order valence-corrected chi connectivity index (χ3v) is 6.09. The zero-order valence-corrected chi connectivity index (χ0v) is 14.0. The number of hydrogen-bond donors (Lipinski definition) is 2. The van der Waals surface area contributed by atoms with Crippen LogP contribution in [0.2, 0.25) is 0 Å². The van der Waals surface area contributed by atoms with Crippen molar-refractivity contribution in [2.75, 3.05) is 26.2 Å². The molecule has 2 saturated carbocycles. The van der Waals surface area contributed by atoms with Crippen molar-refractivity contribution < 1.29 is 5.11 Å². The van der Waals surface area contributed by atoms with Gasteiger partial charge in [-0.25, -0.2) is 0 Å². The van der Waals surface area contributed by atoms with Gasteiger partial charge in [-0.2, -0.15) is 0 Å². The van der Waals surface area contributed by atoms with Crippen LogP contribution in [0.4, 0.5) is 0 Å². The van der Waals surface area contributed by atoms with E-state index in [1.54, 1.807) is 0 Å². The van der Waals surface area contributed by atoms with Crippen molar-refractivity contribution in [2.24, 2.45) is 17.3 Å². The molecule has 1 aliphatic heterocycles. The number of β-amino-alcohol motifs (C(OH)–C–C–N with tert-alkyl or cyclic N) is 1. The molecule has 0 spiro atoms. The minimum absolute atomic E-state index is 0.117. The molecule has 4 atom stereocenters. The van der Waals surface area contributed by atoms with Crippen molar-refractivity contribution in [3.05, 3.63) is 0 Å². The maximum atomic E-state index is 10.2. The van der Waals surface area contributed by atoms with E-state index in [2.05, 4.69) is 24.1 Å². The maximum Gasteiger partial charge on any atom is 0.0693 e. The highest BCUT2D eigenvalue weighted by Crippen LogP contribution is 2.40. The van der Waals surface area contributed by atoms with E-state index in [1.807, 2.05) is 0 Å². The van der Waals surface area contributed by atoms with E-state index in [-0.39, 0.29) is 6.10 Å². The SMILES string of the molecule is CC1CCCC(CNC2CC2)(CN2CCC(C)C(O)C2)C1. The second kappa shape index (κ2) is 6.55. The molecule has 3 heteroatoms. The highest BCUT2D eigenvalue weighted by Gasteiger charge is 2.39. The summed E-state index contributed by atoms with van der Waals surface area (Å²) in [7, 11) is 0. The number of nitrogens with zero attached hydrogens (tertiary/aromatic N) is 1. The van der Waals surface area contributed by atoms with Gasteiger partial charge in [0, 0.05) is 25.7 Å². The molecule has 3 rings (SSSR count). The fourth-order valence-electron chi connectivity index (χ4n) is 4.51. The molecule has 0 bridgehead atoms. The molecule has 4 unspecified atom stereocenters. The lowest BCUT2D eigenvalue weighted by molar-refractivity contribution is -0.00275. The van der Waals surface area contributed by atoms with Crippen molar-refractivity contribution >= 4 is 0 Å². The van der Waals surface area contributed by atoms with Crippen LogP contribution in [0.3, 0.4) is 0 Å². The second-order valence-corrected chi connectivity index (χ2v) is 8.43. The Kier molecular flexibility index (Phi) is 4.92. The molecule has 3 nitrogen and oxygen atoms in total. The molecular formula is C18H34N2O. The molecule has 21 heavy (non-hydrogen) atoms. The van der Waals surface area contributed by atoms with Gasteiger partial charge in [-0.05, 0) is 55.9 Å². The minimum atomic E-state index is -0.117. The van der Waals surface area contributed by atoms with Crippen molar-refractivity contribution in [3.63, 3.8) is 0 Å². The van der Waals surface area contributed by atoms with Gasteiger partial charge in [-0.3, -0.25) is 0 Å². The molecule has 2 aliphatic carbocycles. The Balaban J connectivity index is 1.60. The Labute approximate surface area is 130 Å². The predicted molar refractivity (Wildman–Crippen MR) is 87.3 cm³/mol. The van der Waals surface area contributed by atoms with Crippen molar-refractivity contribution in [3.8, 4) is 0 Å². The molecule has 0 aromatic rings. The fourth-order valence-corrected chi connectivity index (χ4v) is 4.51. The van der Waals surface area contributed by atoms with Crippen LogP contribution in [0.15, 0.2) is 0 Å². The third-order valence-electron chi connectivity index (χ3n) is 6.09. The van der Waals surface area contributed by atoms with Gasteiger partial charge in [-0.15, -0.1) is 0 Å². The summed E-state index contributed by atoms with van der Waals surface area (Å²) in [5.41, 5.74) is 0.459. The van der Waals surface area contributed by atoms with Gasteiger partial charge in [0.2, 0.25) is 0 Å². The van der Waals surface area contributed by atoms with E-state index in [4.69, 9.17) is 0 Å². The number of piperidine rings is 1. The van der Waals surface area contributed by atoms with Crippen molar-refractivity contribution in [1.29, 1.82) is 0 Å². The van der Waals surface area contributed by atoms with Gasteiger partial charge in [0.1, 0.15) is 0 Å². The molecule has 1 saturated heterocycles. The number of likely N-dealkylation sites (tertiary alicyclic amines) is 1. The normalized spacial score (nSPS) is 42.1. The summed E-state index contributed by atoms with van der Waals surface area (Å²) < 4.78 is 0. The molecule has 0 aromatic heterocycles. The fraction of sp³-hybridized carbons (Fsp3) is 1.00. The van der Waals surface area contributed by atoms with Gasteiger partial charge in [-0.1, -0.05) is 26.7 Å². The topological polar surface area (TPSA) is 35.5 Å². The lowest BCUT2D eigenvalue weighted by Gasteiger charge is -2.46. The summed E-state index contributed by atoms with van der Waals surface area (Å²) in [5, 5.41) is 14.0. The molecule has 0 radical (unpaired) electrons. The van der Waals surface area contributed by atoms with Gasteiger partial charge in [0.15, 0.2) is 0 Å². The zero-order valence-electron chi connectivity index (χ0n) is 14.0. The number of nitrogens with one attached hydrogen (secondary N) is 1. The summed E-state index contributed by atoms with van der Waals surface area (Å²) >= 11 is 0. The Bertz CT molecular complexity index is 344. The van der Waals surface area contributed by atoms with E-state index in [0.717, 1.165) is 24.9 Å². The van der Waals surface area contributed by atoms with Crippen molar-refractivity contribution in [1.82, 2.24) is 10.2 Å². The van der Waals surface area contributed by atoms with Crippen LogP contribution in [0.5, 0.6) is 0 Å². The largest absolute Gasteiger partial charge is 0.392 e. The highest BCUT2D eigenvalue weighted by atomic mass is 16.3. The molecule has 0 amide bonds. The van der Waals surface area contributed by atoms with Crippen molar-refractivity contribution in [2.45, 2.75) is 70.9 Å². The van der Waals surface area contributed by atoms with E-state index in [1.165, 1.54) is 58.2 Å². The zero-order chi connectivity index (χ0) is 14.9. The first kappa shape index (κ1) is 15.8. The highest BCUT2D eigenvalue weighted by molar-refractivity contribution is 4.94. The van der Waals surface area contributed by atoms with Crippen LogP contribution in [0.25, 0.3) is 0 Å². The first-order valence-corrected chi connectivity index (χ1v) is 9.20. The summed E-state index contributed by atoms with van der Waals surface area (Å²) in [6.07, 6.45) is 9.34. The Morgan fingerprint density at radius 1 is 1.19 bits per heavy atom. The average molecular weight is 294 g/mol. The number of aliphatic hydroxyl groups is 1. The van der Waals surface area contributed by atoms with Gasteiger partial charge < -0.3 is 15.3 Å². The molecular weight excluding hydrogens is 260 g/mol. The first-order chi connectivity index (χ1) is 10.1. The minimum Gasteiger partial charge on any atom is -0.392 e. The molecule has 1 heterocycles. The molecule has 3 fully saturated rings. The number of aliphatic hydroxyl groups excluding tert-OH is 1. The van der Waals surface area contributed by atoms with Crippen LogP contribution in [-0.2, 0) is 0 Å². The summed E-state index contributed by atoms with van der Waals surface area (Å²) in [4.78, 5) is 2.55. The van der Waals surface area contributed by atoms with E-state index in [9.17, 15) is 5.11 Å². The van der Waals surface area contributed by atoms with Crippen LogP contribution >= 0.6 is 0 Å². The molecule has 2 N–H and O–H groups in total.